The second kappa shape index (κ2) is 13.6. The Morgan fingerprint density at radius 1 is 0.839 bits per heavy atom. The molecular weight excluding hydrogens is 455 g/mol. The van der Waals surface area contributed by atoms with Gasteiger partial charge < -0.3 is 24.8 Å². The number of benzene rings is 3. The minimum absolute atomic E-state index is 0. The molecule has 0 N–H and O–H groups in total. The maximum Gasteiger partial charge on any atom is -0.0469 e. The molecule has 0 heterocycles. The molecule has 0 fully saturated rings. The molecule has 0 spiro atoms. The second-order valence-electron chi connectivity index (χ2n) is 7.32. The summed E-state index contributed by atoms with van der Waals surface area (Å²) in [6.07, 6.45) is 10.0. The van der Waals surface area contributed by atoms with Gasteiger partial charge in [0.15, 0.2) is 0 Å². The van der Waals surface area contributed by atoms with E-state index in [0.29, 0.717) is 0 Å². The molecule has 158 valence electrons. The summed E-state index contributed by atoms with van der Waals surface area (Å²) in [6, 6.07) is 26.0. The van der Waals surface area contributed by atoms with Crippen LogP contribution in [-0.2, 0) is 20.0 Å². The fourth-order valence-corrected chi connectivity index (χ4v) is 3.55. The van der Waals surface area contributed by atoms with E-state index in [4.69, 9.17) is 0 Å². The zero-order valence-electron chi connectivity index (χ0n) is 18.1. The minimum Gasteiger partial charge on any atom is -1.00 e. The number of aryl methyl sites for hydroxylation is 2. The van der Waals surface area contributed by atoms with Crippen LogP contribution in [0.5, 0.6) is 0 Å². The number of hydrogen-bond acceptors (Lipinski definition) is 0. The number of rotatable bonds is 1. The summed E-state index contributed by atoms with van der Waals surface area (Å²) in [5, 5.41) is 5.46. The monoisotopic (exact) mass is 480 g/mol. The van der Waals surface area contributed by atoms with Gasteiger partial charge in [0.25, 0.3) is 0 Å². The summed E-state index contributed by atoms with van der Waals surface area (Å²) >= 11 is 2.12. The summed E-state index contributed by atoms with van der Waals surface area (Å²) < 4.78 is 1.37. The van der Waals surface area contributed by atoms with Gasteiger partial charge in [0.05, 0.1) is 0 Å². The molecule has 0 unspecified atom stereocenters. The predicted octanol–water partition coefficient (Wildman–Crippen LogP) is 1.42. The third kappa shape index (κ3) is 7.98. The van der Waals surface area contributed by atoms with Crippen molar-refractivity contribution in [1.29, 1.82) is 0 Å². The van der Waals surface area contributed by atoms with Crippen LogP contribution in [0.2, 0.25) is 0 Å². The largest absolute Gasteiger partial charge is 1.00 e. The summed E-state index contributed by atoms with van der Waals surface area (Å²) in [7, 11) is 0. The normalized spacial score (nSPS) is 11.0. The van der Waals surface area contributed by atoms with Crippen molar-refractivity contribution in [3.05, 3.63) is 114 Å². The summed E-state index contributed by atoms with van der Waals surface area (Å²) in [4.78, 5) is 0. The topological polar surface area (TPSA) is 0 Å². The van der Waals surface area contributed by atoms with Crippen molar-refractivity contribution >= 4 is 25.4 Å². The smallest absolute Gasteiger partial charge is 0.0469 e. The first-order valence-corrected chi connectivity index (χ1v) is 10.7. The van der Waals surface area contributed by atoms with Gasteiger partial charge in [-0.05, 0) is 13.8 Å². The van der Waals surface area contributed by atoms with Crippen molar-refractivity contribution in [3.63, 3.8) is 0 Å². The zero-order chi connectivity index (χ0) is 20.6. The van der Waals surface area contributed by atoms with E-state index in [0.717, 1.165) is 6.42 Å². The van der Waals surface area contributed by atoms with Crippen LogP contribution in [0.15, 0.2) is 91.0 Å². The van der Waals surface area contributed by atoms with E-state index in [9.17, 15) is 0 Å². The van der Waals surface area contributed by atoms with E-state index >= 15 is 0 Å². The third-order valence-electron chi connectivity index (χ3n) is 4.81. The number of allylic oxidation sites excluding steroid dienone is 4. The van der Waals surface area contributed by atoms with Crippen molar-refractivity contribution in [2.45, 2.75) is 27.2 Å². The van der Waals surface area contributed by atoms with Crippen LogP contribution in [0.3, 0.4) is 0 Å². The number of hydrogen-bond donors (Lipinski definition) is 0. The summed E-state index contributed by atoms with van der Waals surface area (Å²) in [6.45, 7) is 6.40. The van der Waals surface area contributed by atoms with Crippen LogP contribution < -0.4 is 24.8 Å². The first-order chi connectivity index (χ1) is 14.0. The first-order valence-electron chi connectivity index (χ1n) is 9.93. The molecule has 0 saturated carbocycles. The standard InChI is InChI=1S/C15H13.C8H8.C5H5.2ClH.Ti/c1-10-3-5-14-12(7-10)9-13-8-11(2)4-6-15(13)14;1-2-8-6-4-3-5-7-8;1-2-4-5-3-1;;;/h3-9H,1-2H3;3-7H,1H3;1-3H,4H2;2*1H;/q-1;;-1;;;+2/p-2. The van der Waals surface area contributed by atoms with E-state index in [-0.39, 0.29) is 24.8 Å². The molecule has 31 heavy (non-hydrogen) atoms. The fourth-order valence-electron chi connectivity index (χ4n) is 3.29. The Morgan fingerprint density at radius 2 is 1.39 bits per heavy atom. The molecule has 5 rings (SSSR count). The molecule has 4 aromatic rings. The Kier molecular flexibility index (Phi) is 11.9. The molecule has 0 saturated heterocycles. The Bertz CT molecular complexity index is 1100. The average molecular weight is 481 g/mol. The maximum atomic E-state index is 2.99. The number of fused-ring (bicyclic) bond motifs is 3. The van der Waals surface area contributed by atoms with Crippen molar-refractivity contribution in [3.8, 4) is 0 Å². The van der Waals surface area contributed by atoms with Crippen LogP contribution >= 0.6 is 0 Å². The summed E-state index contributed by atoms with van der Waals surface area (Å²) in [5.74, 6) is 0. The van der Waals surface area contributed by atoms with Crippen molar-refractivity contribution in [2.24, 2.45) is 0 Å². The van der Waals surface area contributed by atoms with Crippen LogP contribution in [0, 0.1) is 19.9 Å². The Hall–Kier alpha value is -1.83. The van der Waals surface area contributed by atoms with Crippen molar-refractivity contribution in [1.82, 2.24) is 0 Å². The molecule has 1 aliphatic carbocycles. The van der Waals surface area contributed by atoms with Gasteiger partial charge in [-0.15, -0.1) is 46.2 Å². The van der Waals surface area contributed by atoms with Crippen LogP contribution in [0.1, 0.15) is 30.0 Å². The fraction of sp³-hybridized carbons (Fsp3) is 0.143. The van der Waals surface area contributed by atoms with E-state index in [1.54, 1.807) is 0 Å². The average Bonchev–Trinajstić information content (AvgIpc) is 3.40. The molecule has 0 atom stereocenters. The van der Waals surface area contributed by atoms with Gasteiger partial charge in [0.1, 0.15) is 0 Å². The van der Waals surface area contributed by atoms with E-state index in [2.05, 4.69) is 120 Å². The molecule has 4 aromatic carbocycles. The van der Waals surface area contributed by atoms with Crippen molar-refractivity contribution < 1.29 is 44.8 Å². The number of halogens is 2. The van der Waals surface area contributed by atoms with E-state index in [1.165, 1.54) is 42.0 Å². The zero-order valence-corrected chi connectivity index (χ0v) is 21.2. The quantitative estimate of drug-likeness (QED) is 0.285. The van der Waals surface area contributed by atoms with Crippen LogP contribution in [0.25, 0.3) is 21.5 Å². The molecule has 0 aliphatic heterocycles. The Morgan fingerprint density at radius 3 is 1.74 bits per heavy atom. The van der Waals surface area contributed by atoms with Gasteiger partial charge >= 0.3 is 66.6 Å². The SMILES string of the molecule is C[C](=[Ti+2])c1ccccc1.Cc1ccc2c(c1)[cH-]c1cc(C)ccc12.[C-]1=CC=CC1.[Cl-].[Cl-]. The van der Waals surface area contributed by atoms with Gasteiger partial charge in [-0.3, -0.25) is 6.08 Å². The minimum atomic E-state index is 0. The summed E-state index contributed by atoms with van der Waals surface area (Å²) in [5.41, 5.74) is 3.99. The maximum absolute atomic E-state index is 2.99. The van der Waals surface area contributed by atoms with Gasteiger partial charge in [-0.2, -0.15) is 6.08 Å². The molecule has 0 radical (unpaired) electrons. The third-order valence-corrected chi connectivity index (χ3v) is 5.26. The molecular formula is C28H26Cl2Ti-2. The van der Waals surface area contributed by atoms with Gasteiger partial charge in [-0.25, -0.2) is 12.2 Å². The molecule has 1 aliphatic rings. The molecule has 3 heteroatoms. The molecule has 0 amide bonds. The van der Waals surface area contributed by atoms with Crippen LogP contribution in [-0.4, -0.2) is 3.81 Å². The van der Waals surface area contributed by atoms with Gasteiger partial charge in [-0.1, -0.05) is 35.4 Å². The van der Waals surface area contributed by atoms with E-state index in [1.807, 2.05) is 18.2 Å². The Labute approximate surface area is 210 Å². The van der Waals surface area contributed by atoms with Gasteiger partial charge in [0, 0.05) is 0 Å². The molecule has 0 bridgehead atoms. The Balaban J connectivity index is 0.000000258. The van der Waals surface area contributed by atoms with E-state index < -0.39 is 0 Å². The van der Waals surface area contributed by atoms with Crippen LogP contribution in [0.4, 0.5) is 0 Å². The molecule has 0 nitrogen and oxygen atoms in total. The van der Waals surface area contributed by atoms with Crippen molar-refractivity contribution in [2.75, 3.05) is 0 Å². The predicted molar refractivity (Wildman–Crippen MR) is 124 cm³/mol. The molecule has 0 aromatic heterocycles. The van der Waals surface area contributed by atoms with Gasteiger partial charge in [0.2, 0.25) is 0 Å². The second-order valence-corrected chi connectivity index (χ2v) is 8.49. The first kappa shape index (κ1) is 27.2.